The van der Waals surface area contributed by atoms with E-state index in [2.05, 4.69) is 93.7 Å². The summed E-state index contributed by atoms with van der Waals surface area (Å²) in [7, 11) is 0. The average molecular weight is 1030 g/mol. The molecule has 6 nitrogen and oxygen atoms in total. The summed E-state index contributed by atoms with van der Waals surface area (Å²) < 4.78 is 16.9. The molecule has 6 heteroatoms. The summed E-state index contributed by atoms with van der Waals surface area (Å²) in [6.07, 6.45) is 80.4. The summed E-state index contributed by atoms with van der Waals surface area (Å²) >= 11 is 0. The maximum absolute atomic E-state index is 12.9. The van der Waals surface area contributed by atoms with Crippen LogP contribution < -0.4 is 0 Å². The van der Waals surface area contributed by atoms with Crippen molar-refractivity contribution in [2.45, 2.75) is 329 Å². The van der Waals surface area contributed by atoms with Gasteiger partial charge in [0, 0.05) is 19.3 Å². The van der Waals surface area contributed by atoms with Crippen molar-refractivity contribution in [3.8, 4) is 0 Å². The summed E-state index contributed by atoms with van der Waals surface area (Å²) in [6, 6.07) is 0. The number of carbonyl (C=O) groups is 3. The largest absolute Gasteiger partial charge is 0.462 e. The molecule has 0 amide bonds. The number of allylic oxidation sites excluding steroid dienone is 12. The van der Waals surface area contributed by atoms with Gasteiger partial charge in [-0.25, -0.2) is 0 Å². The molecule has 0 saturated heterocycles. The first kappa shape index (κ1) is 70.8. The quantitative estimate of drug-likeness (QED) is 0.0261. The molecule has 0 bridgehead atoms. The first-order valence-corrected chi connectivity index (χ1v) is 31.9. The number of hydrogen-bond donors (Lipinski definition) is 0. The van der Waals surface area contributed by atoms with E-state index < -0.39 is 6.10 Å². The lowest BCUT2D eigenvalue weighted by Crippen LogP contribution is -2.30. The monoisotopic (exact) mass is 1030 g/mol. The minimum atomic E-state index is -0.788. The zero-order valence-electron chi connectivity index (χ0n) is 49.1. The Morgan fingerprint density at radius 2 is 0.486 bits per heavy atom. The summed E-state index contributed by atoms with van der Waals surface area (Å²) in [5.74, 6) is -0.893. The van der Waals surface area contributed by atoms with Crippen molar-refractivity contribution in [2.24, 2.45) is 0 Å². The lowest BCUT2D eigenvalue weighted by Gasteiger charge is -2.18. The molecule has 0 aromatic carbocycles. The van der Waals surface area contributed by atoms with Gasteiger partial charge in [-0.1, -0.05) is 261 Å². The highest BCUT2D eigenvalue weighted by Gasteiger charge is 2.19. The van der Waals surface area contributed by atoms with Crippen LogP contribution in [0.1, 0.15) is 323 Å². The molecule has 0 saturated carbocycles. The standard InChI is InChI=1S/C68H120O6/c1-4-7-10-13-16-19-22-25-28-30-32-33-34-35-37-38-40-43-46-49-52-55-58-61-67(70)73-64-65(63-72-66(69)60-57-54-51-48-45-42-27-24-21-18-15-12-9-6-3)74-68(71)62-59-56-53-50-47-44-41-39-36-31-29-26-23-20-17-14-11-8-5-2/h17,20,22,24-27,29-30,32,36,39,65H,4-16,18-19,21,23,28,31,33-35,37-38,40-64H2,1-3H3/b20-17-,25-22-,27-24-,29-26-,32-30-,39-36-. The number of ether oxygens (including phenoxy) is 3. The van der Waals surface area contributed by atoms with Gasteiger partial charge in [-0.2, -0.15) is 0 Å². The zero-order valence-corrected chi connectivity index (χ0v) is 49.1. The molecule has 0 N–H and O–H groups in total. The lowest BCUT2D eigenvalue weighted by molar-refractivity contribution is -0.167. The Morgan fingerprint density at radius 1 is 0.270 bits per heavy atom. The van der Waals surface area contributed by atoms with Gasteiger partial charge >= 0.3 is 17.9 Å². The smallest absolute Gasteiger partial charge is 0.306 e. The number of carbonyl (C=O) groups excluding carboxylic acids is 3. The SMILES string of the molecule is CCCCC/C=C\C/C=C\C/C=C\CCCCCCCCC(=O)OC(COC(=O)CCCCCCC/C=C\CCCCCCC)COC(=O)CCCCCCCCCCCCC/C=C\C/C=C\CCCCCCC. The van der Waals surface area contributed by atoms with E-state index in [1.807, 2.05) is 0 Å². The van der Waals surface area contributed by atoms with Crippen molar-refractivity contribution in [1.82, 2.24) is 0 Å². The molecule has 74 heavy (non-hydrogen) atoms. The van der Waals surface area contributed by atoms with Crippen LogP contribution in [0.2, 0.25) is 0 Å². The van der Waals surface area contributed by atoms with Gasteiger partial charge in [-0.3, -0.25) is 14.4 Å². The van der Waals surface area contributed by atoms with E-state index >= 15 is 0 Å². The summed E-state index contributed by atoms with van der Waals surface area (Å²) in [5.41, 5.74) is 0. The molecule has 0 aromatic rings. The maximum Gasteiger partial charge on any atom is 0.306 e. The highest BCUT2D eigenvalue weighted by Crippen LogP contribution is 2.16. The van der Waals surface area contributed by atoms with Crippen LogP contribution >= 0.6 is 0 Å². The van der Waals surface area contributed by atoms with Gasteiger partial charge in [0.25, 0.3) is 0 Å². The van der Waals surface area contributed by atoms with Crippen molar-refractivity contribution in [3.05, 3.63) is 72.9 Å². The van der Waals surface area contributed by atoms with E-state index in [1.54, 1.807) is 0 Å². The van der Waals surface area contributed by atoms with E-state index in [0.717, 1.165) is 96.3 Å². The minimum absolute atomic E-state index is 0.0833. The predicted molar refractivity (Wildman–Crippen MR) is 321 cm³/mol. The predicted octanol–water partition coefficient (Wildman–Crippen LogP) is 21.7. The third-order valence-corrected chi connectivity index (χ3v) is 13.9. The van der Waals surface area contributed by atoms with Crippen molar-refractivity contribution < 1.29 is 28.6 Å². The fraction of sp³-hybridized carbons (Fsp3) is 0.779. The third-order valence-electron chi connectivity index (χ3n) is 13.9. The number of rotatable bonds is 58. The van der Waals surface area contributed by atoms with Crippen LogP contribution in [-0.2, 0) is 28.6 Å². The van der Waals surface area contributed by atoms with Crippen LogP contribution in [0.4, 0.5) is 0 Å². The van der Waals surface area contributed by atoms with Crippen molar-refractivity contribution >= 4 is 17.9 Å². The Bertz CT molecular complexity index is 1370. The van der Waals surface area contributed by atoms with Crippen molar-refractivity contribution in [3.63, 3.8) is 0 Å². The molecule has 428 valence electrons. The second-order valence-corrected chi connectivity index (χ2v) is 21.3. The Morgan fingerprint density at radius 3 is 0.797 bits per heavy atom. The molecule has 0 radical (unpaired) electrons. The first-order chi connectivity index (χ1) is 36.5. The van der Waals surface area contributed by atoms with Gasteiger partial charge in [0.15, 0.2) is 6.10 Å². The van der Waals surface area contributed by atoms with Crippen LogP contribution in [0.5, 0.6) is 0 Å². The Kier molecular flexibility index (Phi) is 59.7. The molecule has 0 spiro atoms. The molecule has 0 rings (SSSR count). The fourth-order valence-corrected chi connectivity index (χ4v) is 9.06. The maximum atomic E-state index is 12.9. The molecule has 0 fully saturated rings. The molecule has 0 heterocycles. The van der Waals surface area contributed by atoms with Gasteiger partial charge in [-0.05, 0) is 116 Å². The van der Waals surface area contributed by atoms with Gasteiger partial charge in [-0.15, -0.1) is 0 Å². The van der Waals surface area contributed by atoms with Crippen LogP contribution in [0.15, 0.2) is 72.9 Å². The number of hydrogen-bond acceptors (Lipinski definition) is 6. The fourth-order valence-electron chi connectivity index (χ4n) is 9.06. The summed E-state index contributed by atoms with van der Waals surface area (Å²) in [5, 5.41) is 0. The van der Waals surface area contributed by atoms with E-state index in [4.69, 9.17) is 14.2 Å². The van der Waals surface area contributed by atoms with Crippen LogP contribution in [0, 0.1) is 0 Å². The lowest BCUT2D eigenvalue weighted by atomic mass is 10.0. The van der Waals surface area contributed by atoms with Crippen LogP contribution in [0.25, 0.3) is 0 Å². The highest BCUT2D eigenvalue weighted by atomic mass is 16.6. The third kappa shape index (κ3) is 59.7. The molecule has 1 unspecified atom stereocenters. The molecule has 0 aliphatic carbocycles. The Hall–Kier alpha value is -3.15. The molecular formula is C68H120O6. The number of unbranched alkanes of at least 4 members (excludes halogenated alkanes) is 35. The summed E-state index contributed by atoms with van der Waals surface area (Å²) in [4.78, 5) is 38.3. The molecule has 0 aliphatic heterocycles. The van der Waals surface area contributed by atoms with Gasteiger partial charge < -0.3 is 14.2 Å². The molecule has 1 atom stereocenters. The molecule has 0 aromatic heterocycles. The summed E-state index contributed by atoms with van der Waals surface area (Å²) in [6.45, 7) is 6.61. The minimum Gasteiger partial charge on any atom is -0.462 e. The van der Waals surface area contributed by atoms with Gasteiger partial charge in [0.1, 0.15) is 13.2 Å². The van der Waals surface area contributed by atoms with E-state index in [0.29, 0.717) is 19.3 Å². The second-order valence-electron chi connectivity index (χ2n) is 21.3. The van der Waals surface area contributed by atoms with E-state index in [9.17, 15) is 14.4 Å². The number of esters is 3. The first-order valence-electron chi connectivity index (χ1n) is 31.9. The van der Waals surface area contributed by atoms with Crippen molar-refractivity contribution in [1.29, 1.82) is 0 Å². The molecule has 0 aliphatic rings. The van der Waals surface area contributed by atoms with Gasteiger partial charge in [0.05, 0.1) is 0 Å². The van der Waals surface area contributed by atoms with Crippen LogP contribution in [-0.4, -0.2) is 37.2 Å². The van der Waals surface area contributed by atoms with E-state index in [-0.39, 0.29) is 31.1 Å². The Labute approximate surface area is 459 Å². The topological polar surface area (TPSA) is 78.9 Å². The van der Waals surface area contributed by atoms with E-state index in [1.165, 1.54) is 186 Å². The normalized spacial score (nSPS) is 12.5. The second kappa shape index (κ2) is 62.4. The zero-order chi connectivity index (χ0) is 53.6. The van der Waals surface area contributed by atoms with Crippen LogP contribution in [0.3, 0.4) is 0 Å². The van der Waals surface area contributed by atoms with Crippen molar-refractivity contribution in [2.75, 3.05) is 13.2 Å². The Balaban J connectivity index is 4.36. The average Bonchev–Trinajstić information content (AvgIpc) is 3.40. The van der Waals surface area contributed by atoms with Gasteiger partial charge in [0.2, 0.25) is 0 Å². The molecular weight excluding hydrogens is 913 g/mol. The highest BCUT2D eigenvalue weighted by molar-refractivity contribution is 5.71.